The number of nitrogens with zero attached hydrogens (tertiary/aromatic N) is 3. The molecule has 2 aromatic carbocycles. The van der Waals surface area contributed by atoms with E-state index in [1.807, 2.05) is 44.2 Å². The number of imidazole rings is 1. The molecule has 2 heterocycles. The third-order valence-corrected chi connectivity index (χ3v) is 5.95. The largest absolute Gasteiger partial charge is 0.507 e. The van der Waals surface area contributed by atoms with E-state index >= 15 is 0 Å². The quantitative estimate of drug-likeness (QED) is 0.713. The summed E-state index contributed by atoms with van der Waals surface area (Å²) < 4.78 is 2.27. The molecule has 0 aliphatic carbocycles. The maximum atomic E-state index is 11.7. The molecule has 152 valence electrons. The Morgan fingerprint density at radius 3 is 2.45 bits per heavy atom. The summed E-state index contributed by atoms with van der Waals surface area (Å²) in [4.78, 5) is 18.4. The molecule has 0 atom stereocenters. The van der Waals surface area contributed by atoms with E-state index in [0.29, 0.717) is 24.8 Å². The summed E-state index contributed by atoms with van der Waals surface area (Å²) >= 11 is 0. The predicted molar refractivity (Wildman–Crippen MR) is 113 cm³/mol. The number of piperidine rings is 1. The van der Waals surface area contributed by atoms with Crippen molar-refractivity contribution in [2.45, 2.75) is 33.2 Å². The minimum Gasteiger partial charge on any atom is -0.507 e. The number of hydrogen-bond donors (Lipinski definition) is 2. The van der Waals surface area contributed by atoms with Crippen molar-refractivity contribution in [3.63, 3.8) is 0 Å². The maximum absolute atomic E-state index is 11.7. The summed E-state index contributed by atoms with van der Waals surface area (Å²) in [7, 11) is 0. The van der Waals surface area contributed by atoms with Crippen LogP contribution in [0, 0.1) is 19.8 Å². The van der Waals surface area contributed by atoms with E-state index in [0.717, 1.165) is 52.9 Å². The Labute approximate surface area is 170 Å². The molecule has 0 spiro atoms. The number of phenols is 1. The van der Waals surface area contributed by atoms with Crippen molar-refractivity contribution in [1.82, 2.24) is 14.5 Å². The molecule has 1 saturated heterocycles. The van der Waals surface area contributed by atoms with Crippen molar-refractivity contribution in [2.75, 3.05) is 19.7 Å². The highest BCUT2D eigenvalue weighted by molar-refractivity contribution is 5.81. The van der Waals surface area contributed by atoms with E-state index in [1.165, 1.54) is 0 Å². The SMILES string of the molecule is Cc1cc(-c2nc3ccccc3n2CC2CCN(C(=O)CO)CC2)cc(C)c1O. The van der Waals surface area contributed by atoms with Gasteiger partial charge in [-0.25, -0.2) is 4.98 Å². The Morgan fingerprint density at radius 2 is 1.79 bits per heavy atom. The molecule has 1 amide bonds. The molecule has 6 heteroatoms. The lowest BCUT2D eigenvalue weighted by molar-refractivity contribution is -0.135. The zero-order chi connectivity index (χ0) is 20.5. The van der Waals surface area contributed by atoms with Gasteiger partial charge in [-0.3, -0.25) is 4.79 Å². The molecule has 0 radical (unpaired) electrons. The third-order valence-electron chi connectivity index (χ3n) is 5.95. The fraction of sp³-hybridized carbons (Fsp3) is 0.391. The van der Waals surface area contributed by atoms with E-state index < -0.39 is 6.61 Å². The number of phenolic OH excluding ortho intramolecular Hbond substituents is 1. The number of aliphatic hydroxyl groups excluding tert-OH is 1. The van der Waals surface area contributed by atoms with Gasteiger partial charge in [0.2, 0.25) is 5.91 Å². The molecule has 1 aromatic heterocycles. The van der Waals surface area contributed by atoms with Gasteiger partial charge >= 0.3 is 0 Å². The highest BCUT2D eigenvalue weighted by Crippen LogP contribution is 2.32. The van der Waals surface area contributed by atoms with E-state index in [2.05, 4.69) is 10.6 Å². The molecule has 2 N–H and O–H groups in total. The average Bonchev–Trinajstić information content (AvgIpc) is 3.10. The standard InChI is InChI=1S/C23H27N3O3/c1-15-11-18(12-16(2)22(15)29)23-24-19-5-3-4-6-20(19)26(23)13-17-7-9-25(10-8-17)21(28)14-27/h3-6,11-12,17,27,29H,7-10,13-14H2,1-2H3. The molecule has 4 rings (SSSR count). The maximum Gasteiger partial charge on any atom is 0.248 e. The van der Waals surface area contributed by atoms with Crippen LogP contribution in [0.2, 0.25) is 0 Å². The van der Waals surface area contributed by atoms with Gasteiger partial charge in [-0.1, -0.05) is 12.1 Å². The summed E-state index contributed by atoms with van der Waals surface area (Å²) in [5.74, 6) is 1.49. The Bertz CT molecular complexity index is 1030. The molecule has 1 aliphatic heterocycles. The summed E-state index contributed by atoms with van der Waals surface area (Å²) in [5, 5.41) is 19.2. The number of benzene rings is 2. The number of likely N-dealkylation sites (tertiary alicyclic amines) is 1. The molecule has 0 saturated carbocycles. The Balaban J connectivity index is 1.67. The highest BCUT2D eigenvalue weighted by Gasteiger charge is 2.24. The van der Waals surface area contributed by atoms with Crippen LogP contribution in [0.3, 0.4) is 0 Å². The van der Waals surface area contributed by atoms with Crippen molar-refractivity contribution >= 4 is 16.9 Å². The van der Waals surface area contributed by atoms with Crippen LogP contribution in [0.5, 0.6) is 5.75 Å². The van der Waals surface area contributed by atoms with Crippen LogP contribution in [0.4, 0.5) is 0 Å². The molecule has 3 aromatic rings. The van der Waals surface area contributed by atoms with E-state index in [4.69, 9.17) is 10.1 Å². The number of aromatic hydroxyl groups is 1. The molecule has 0 unspecified atom stereocenters. The lowest BCUT2D eigenvalue weighted by Gasteiger charge is -2.32. The number of carbonyl (C=O) groups is 1. The number of amides is 1. The summed E-state index contributed by atoms with van der Waals surface area (Å²) in [5.41, 5.74) is 4.74. The average molecular weight is 393 g/mol. The monoisotopic (exact) mass is 393 g/mol. The van der Waals surface area contributed by atoms with Crippen molar-refractivity contribution in [3.8, 4) is 17.1 Å². The minimum absolute atomic E-state index is 0.188. The molecule has 1 fully saturated rings. The van der Waals surface area contributed by atoms with Crippen LogP contribution in [-0.4, -0.2) is 50.3 Å². The molecular weight excluding hydrogens is 366 g/mol. The van der Waals surface area contributed by atoms with Crippen molar-refractivity contribution in [3.05, 3.63) is 47.5 Å². The van der Waals surface area contributed by atoms with Gasteiger partial charge in [-0.05, 0) is 68.0 Å². The van der Waals surface area contributed by atoms with Crippen molar-refractivity contribution in [2.24, 2.45) is 5.92 Å². The second kappa shape index (κ2) is 7.87. The normalized spacial score (nSPS) is 15.2. The first-order valence-corrected chi connectivity index (χ1v) is 10.1. The lowest BCUT2D eigenvalue weighted by Crippen LogP contribution is -2.40. The first kappa shape index (κ1) is 19.5. The first-order valence-electron chi connectivity index (χ1n) is 10.1. The zero-order valence-electron chi connectivity index (χ0n) is 16.9. The van der Waals surface area contributed by atoms with Gasteiger partial charge in [0, 0.05) is 25.2 Å². The van der Waals surface area contributed by atoms with Gasteiger partial charge in [0.05, 0.1) is 11.0 Å². The number of aliphatic hydroxyl groups is 1. The van der Waals surface area contributed by atoms with Crippen LogP contribution in [0.1, 0.15) is 24.0 Å². The van der Waals surface area contributed by atoms with Crippen LogP contribution >= 0.6 is 0 Å². The number of carbonyl (C=O) groups excluding carboxylic acids is 1. The molecule has 1 aliphatic rings. The van der Waals surface area contributed by atoms with Gasteiger partial charge in [-0.15, -0.1) is 0 Å². The second-order valence-electron chi connectivity index (χ2n) is 7.98. The summed E-state index contributed by atoms with van der Waals surface area (Å²) in [6.45, 7) is 5.60. The number of rotatable bonds is 4. The fourth-order valence-corrected chi connectivity index (χ4v) is 4.29. The van der Waals surface area contributed by atoms with Crippen LogP contribution in [0.25, 0.3) is 22.4 Å². The fourth-order valence-electron chi connectivity index (χ4n) is 4.29. The van der Waals surface area contributed by atoms with Crippen molar-refractivity contribution in [1.29, 1.82) is 0 Å². The second-order valence-corrected chi connectivity index (χ2v) is 7.98. The first-order chi connectivity index (χ1) is 14.0. The lowest BCUT2D eigenvalue weighted by atomic mass is 9.96. The number of fused-ring (bicyclic) bond motifs is 1. The molecule has 6 nitrogen and oxygen atoms in total. The van der Waals surface area contributed by atoms with Gasteiger partial charge in [0.15, 0.2) is 0 Å². The van der Waals surface area contributed by atoms with Crippen LogP contribution < -0.4 is 0 Å². The smallest absolute Gasteiger partial charge is 0.248 e. The Hall–Kier alpha value is -2.86. The third kappa shape index (κ3) is 3.72. The Kier molecular flexibility index (Phi) is 5.28. The van der Waals surface area contributed by atoms with Gasteiger partial charge in [-0.2, -0.15) is 0 Å². The van der Waals surface area contributed by atoms with Crippen molar-refractivity contribution < 1.29 is 15.0 Å². The molecule has 0 bridgehead atoms. The van der Waals surface area contributed by atoms with Crippen LogP contribution in [0.15, 0.2) is 36.4 Å². The highest BCUT2D eigenvalue weighted by atomic mass is 16.3. The summed E-state index contributed by atoms with van der Waals surface area (Å²) in [6.07, 6.45) is 1.82. The van der Waals surface area contributed by atoms with Crippen LogP contribution in [-0.2, 0) is 11.3 Å². The predicted octanol–water partition coefficient (Wildman–Crippen LogP) is 3.26. The number of aromatic nitrogens is 2. The van der Waals surface area contributed by atoms with Gasteiger partial charge in [0.1, 0.15) is 18.2 Å². The summed E-state index contributed by atoms with van der Waals surface area (Å²) in [6, 6.07) is 12.1. The van der Waals surface area contributed by atoms with E-state index in [1.54, 1.807) is 4.90 Å². The molecular formula is C23H27N3O3. The zero-order valence-corrected chi connectivity index (χ0v) is 16.9. The van der Waals surface area contributed by atoms with E-state index in [-0.39, 0.29) is 5.91 Å². The minimum atomic E-state index is -0.416. The van der Waals surface area contributed by atoms with Gasteiger partial charge in [0.25, 0.3) is 0 Å². The number of aryl methyl sites for hydroxylation is 2. The Morgan fingerprint density at radius 1 is 1.14 bits per heavy atom. The molecule has 29 heavy (non-hydrogen) atoms. The topological polar surface area (TPSA) is 78.6 Å². The van der Waals surface area contributed by atoms with Gasteiger partial charge < -0.3 is 19.7 Å². The van der Waals surface area contributed by atoms with E-state index in [9.17, 15) is 9.90 Å². The number of para-hydroxylation sites is 2. The number of hydrogen-bond acceptors (Lipinski definition) is 4.